The second-order valence-electron chi connectivity index (χ2n) is 6.91. The van der Waals surface area contributed by atoms with Gasteiger partial charge in [0.05, 0.1) is 4.91 Å². The van der Waals surface area contributed by atoms with Crippen LogP contribution < -0.4 is 4.74 Å². The van der Waals surface area contributed by atoms with Gasteiger partial charge in [-0.25, -0.2) is 0 Å². The number of carbonyl (C=O) groups is 1. The average Bonchev–Trinajstić information content (AvgIpc) is 3.05. The van der Waals surface area contributed by atoms with Gasteiger partial charge in [-0.15, -0.1) is 0 Å². The maximum atomic E-state index is 12.8. The van der Waals surface area contributed by atoms with E-state index in [4.69, 9.17) is 17.0 Å². The molecule has 0 N–H and O–H groups in total. The summed E-state index contributed by atoms with van der Waals surface area (Å²) in [6, 6.07) is 27.9. The van der Waals surface area contributed by atoms with Gasteiger partial charge in [0.2, 0.25) is 0 Å². The summed E-state index contributed by atoms with van der Waals surface area (Å²) in [5.41, 5.74) is 3.27. The molecule has 0 aliphatic carbocycles. The largest absolute Gasteiger partial charge is 0.489 e. The molecule has 3 aromatic rings. The molecule has 0 unspecified atom stereocenters. The number of benzene rings is 3. The summed E-state index contributed by atoms with van der Waals surface area (Å²) in [4.78, 5) is 15.1. The Morgan fingerprint density at radius 3 is 2.17 bits per heavy atom. The number of nitrogens with zero attached hydrogens (tertiary/aromatic N) is 1. The van der Waals surface area contributed by atoms with Crippen molar-refractivity contribution in [3.8, 4) is 5.75 Å². The van der Waals surface area contributed by atoms with Crippen LogP contribution in [0.4, 0.5) is 0 Å². The van der Waals surface area contributed by atoms with Crippen molar-refractivity contribution in [3.63, 3.8) is 0 Å². The van der Waals surface area contributed by atoms with Crippen LogP contribution in [0.3, 0.4) is 0 Å². The number of ether oxygens (including phenoxy) is 1. The highest BCUT2D eigenvalue weighted by Gasteiger charge is 2.31. The Kier molecular flexibility index (Phi) is 6.62. The molecule has 3 aromatic carbocycles. The lowest BCUT2D eigenvalue weighted by Crippen LogP contribution is -2.30. The summed E-state index contributed by atoms with van der Waals surface area (Å²) in [5, 5.41) is 0. The minimum Gasteiger partial charge on any atom is -0.489 e. The van der Waals surface area contributed by atoms with Gasteiger partial charge < -0.3 is 4.74 Å². The van der Waals surface area contributed by atoms with Crippen molar-refractivity contribution in [1.29, 1.82) is 0 Å². The van der Waals surface area contributed by atoms with Crippen LogP contribution in [0.15, 0.2) is 89.8 Å². The van der Waals surface area contributed by atoms with Gasteiger partial charge in [-0.2, -0.15) is 0 Å². The van der Waals surface area contributed by atoms with Crippen molar-refractivity contribution in [1.82, 2.24) is 4.90 Å². The highest BCUT2D eigenvalue weighted by molar-refractivity contribution is 8.26. The maximum absolute atomic E-state index is 12.8. The summed E-state index contributed by atoms with van der Waals surface area (Å²) in [5.74, 6) is 0.775. The van der Waals surface area contributed by atoms with Crippen LogP contribution in [0.1, 0.15) is 16.7 Å². The summed E-state index contributed by atoms with van der Waals surface area (Å²) in [7, 11) is 0. The molecule has 0 atom stereocenters. The van der Waals surface area contributed by atoms with E-state index in [0.717, 1.165) is 23.3 Å². The van der Waals surface area contributed by atoms with Gasteiger partial charge in [0, 0.05) is 6.54 Å². The first kappa shape index (κ1) is 20.4. The van der Waals surface area contributed by atoms with Gasteiger partial charge in [0.1, 0.15) is 16.7 Å². The van der Waals surface area contributed by atoms with Crippen LogP contribution in [0.5, 0.6) is 5.75 Å². The Bertz CT molecular complexity index is 1050. The molecule has 1 fully saturated rings. The molecule has 4 rings (SSSR count). The SMILES string of the molecule is O=C1/C(=C/c2ccc(OCc3ccccc3)cc2)SC(=S)N1CCc1ccccc1. The van der Waals surface area contributed by atoms with Crippen LogP contribution in [0, 0.1) is 0 Å². The lowest BCUT2D eigenvalue weighted by Gasteiger charge is -2.14. The first-order chi connectivity index (χ1) is 14.7. The molecule has 1 amide bonds. The average molecular weight is 432 g/mol. The normalized spacial score (nSPS) is 15.1. The van der Waals surface area contributed by atoms with Gasteiger partial charge in [-0.1, -0.05) is 96.8 Å². The van der Waals surface area contributed by atoms with E-state index in [9.17, 15) is 4.79 Å². The number of thioether (sulfide) groups is 1. The van der Waals surface area contributed by atoms with Crippen LogP contribution in [0.2, 0.25) is 0 Å². The molecule has 0 bridgehead atoms. The third-order valence-corrected chi connectivity index (χ3v) is 6.14. The molecule has 5 heteroatoms. The quantitative estimate of drug-likeness (QED) is 0.354. The fourth-order valence-corrected chi connectivity index (χ4v) is 4.44. The van der Waals surface area contributed by atoms with E-state index >= 15 is 0 Å². The molecule has 0 saturated carbocycles. The highest BCUT2D eigenvalue weighted by atomic mass is 32.2. The number of thiocarbonyl (C=S) groups is 1. The monoisotopic (exact) mass is 431 g/mol. The van der Waals surface area contributed by atoms with Crippen molar-refractivity contribution in [2.45, 2.75) is 13.0 Å². The molecule has 3 nitrogen and oxygen atoms in total. The first-order valence-electron chi connectivity index (χ1n) is 9.75. The Labute approximate surface area is 186 Å². The first-order valence-corrected chi connectivity index (χ1v) is 11.0. The zero-order chi connectivity index (χ0) is 20.8. The summed E-state index contributed by atoms with van der Waals surface area (Å²) in [6.45, 7) is 1.12. The van der Waals surface area contributed by atoms with Gasteiger partial charge >= 0.3 is 0 Å². The summed E-state index contributed by atoms with van der Waals surface area (Å²) < 4.78 is 6.44. The standard InChI is InChI=1S/C25H21NO2S2/c27-24-23(30-25(29)26(24)16-15-19-7-3-1-4-8-19)17-20-11-13-22(14-12-20)28-18-21-9-5-2-6-10-21/h1-14,17H,15-16,18H2/b23-17-. The van der Waals surface area contributed by atoms with Crippen LogP contribution in [-0.2, 0) is 17.8 Å². The van der Waals surface area contributed by atoms with E-state index in [0.29, 0.717) is 22.4 Å². The van der Waals surface area contributed by atoms with Gasteiger partial charge in [-0.3, -0.25) is 9.69 Å². The van der Waals surface area contributed by atoms with E-state index in [1.165, 1.54) is 17.3 Å². The van der Waals surface area contributed by atoms with Gasteiger partial charge in [0.25, 0.3) is 5.91 Å². The Balaban J connectivity index is 1.37. The molecule has 1 aliphatic rings. The molecular formula is C25H21NO2S2. The fourth-order valence-electron chi connectivity index (χ4n) is 3.13. The number of hydrogen-bond acceptors (Lipinski definition) is 4. The maximum Gasteiger partial charge on any atom is 0.266 e. The molecule has 30 heavy (non-hydrogen) atoms. The Hall–Kier alpha value is -2.89. The summed E-state index contributed by atoms with van der Waals surface area (Å²) in [6.07, 6.45) is 2.68. The lowest BCUT2D eigenvalue weighted by atomic mass is 10.1. The van der Waals surface area contributed by atoms with Gasteiger partial charge in [-0.05, 0) is 41.3 Å². The molecule has 1 saturated heterocycles. The van der Waals surface area contributed by atoms with Crippen LogP contribution in [-0.4, -0.2) is 21.7 Å². The zero-order valence-electron chi connectivity index (χ0n) is 16.4. The van der Waals surface area contributed by atoms with Crippen molar-refractivity contribution in [3.05, 3.63) is 107 Å². The van der Waals surface area contributed by atoms with Crippen molar-refractivity contribution >= 4 is 40.3 Å². The predicted octanol–water partition coefficient (Wildman–Crippen LogP) is 5.71. The lowest BCUT2D eigenvalue weighted by molar-refractivity contribution is -0.122. The Morgan fingerprint density at radius 1 is 0.867 bits per heavy atom. The van der Waals surface area contributed by atoms with Crippen molar-refractivity contribution < 1.29 is 9.53 Å². The third-order valence-electron chi connectivity index (χ3n) is 4.77. The van der Waals surface area contributed by atoms with Crippen molar-refractivity contribution in [2.75, 3.05) is 6.54 Å². The third kappa shape index (κ3) is 5.17. The molecule has 1 heterocycles. The fraction of sp³-hybridized carbons (Fsp3) is 0.120. The minimum absolute atomic E-state index is 0.0228. The van der Waals surface area contributed by atoms with E-state index in [1.54, 1.807) is 4.90 Å². The van der Waals surface area contributed by atoms with Crippen LogP contribution >= 0.6 is 24.0 Å². The summed E-state index contributed by atoms with van der Waals surface area (Å²) >= 11 is 6.80. The molecule has 0 spiro atoms. The topological polar surface area (TPSA) is 29.5 Å². The number of amides is 1. The van der Waals surface area contributed by atoms with E-state index in [1.807, 2.05) is 78.9 Å². The molecule has 0 radical (unpaired) electrons. The van der Waals surface area contributed by atoms with Crippen molar-refractivity contribution in [2.24, 2.45) is 0 Å². The molecule has 0 aromatic heterocycles. The molecule has 1 aliphatic heterocycles. The smallest absolute Gasteiger partial charge is 0.266 e. The second-order valence-corrected chi connectivity index (χ2v) is 8.59. The molecular weight excluding hydrogens is 410 g/mol. The zero-order valence-corrected chi connectivity index (χ0v) is 18.0. The van der Waals surface area contributed by atoms with Gasteiger partial charge in [0.15, 0.2) is 0 Å². The predicted molar refractivity (Wildman–Crippen MR) is 127 cm³/mol. The van der Waals surface area contributed by atoms with E-state index < -0.39 is 0 Å². The highest BCUT2D eigenvalue weighted by Crippen LogP contribution is 2.33. The van der Waals surface area contributed by atoms with E-state index in [2.05, 4.69) is 12.1 Å². The van der Waals surface area contributed by atoms with E-state index in [-0.39, 0.29) is 5.91 Å². The minimum atomic E-state index is -0.0228. The number of carbonyl (C=O) groups excluding carboxylic acids is 1. The van der Waals surface area contributed by atoms with Crippen LogP contribution in [0.25, 0.3) is 6.08 Å². The Morgan fingerprint density at radius 2 is 1.50 bits per heavy atom. The number of rotatable bonds is 7. The number of hydrogen-bond donors (Lipinski definition) is 0. The molecule has 150 valence electrons. The second kappa shape index (κ2) is 9.74.